The molecular weight excluding hydrogens is 334 g/mol. The molecule has 0 fully saturated rings. The predicted molar refractivity (Wildman–Crippen MR) is 115 cm³/mol. The zero-order chi connectivity index (χ0) is 19.6. The maximum atomic E-state index is 10.9. The molecule has 1 aliphatic rings. The Morgan fingerprint density at radius 3 is 1.56 bits per heavy atom. The number of nitrogens with two attached hydrogens (primary N) is 1. The van der Waals surface area contributed by atoms with Crippen molar-refractivity contribution in [2.24, 2.45) is 5.73 Å². The summed E-state index contributed by atoms with van der Waals surface area (Å²) in [6, 6.07) is 0. The van der Waals surface area contributed by atoms with Gasteiger partial charge in [-0.1, -0.05) is 103 Å². The SMILES string of the molecule is CCCCCCCCCCCCCCCCCCN1[C]N(CC(N)=O)C=C1. The molecule has 156 valence electrons. The lowest BCUT2D eigenvalue weighted by Gasteiger charge is -2.17. The Bertz CT molecular complexity index is 384. The normalized spacial score (nSPS) is 13.7. The van der Waals surface area contributed by atoms with Gasteiger partial charge in [0.1, 0.15) is 0 Å². The second-order valence-electron chi connectivity index (χ2n) is 7.99. The third-order valence-corrected chi connectivity index (χ3v) is 5.26. The van der Waals surface area contributed by atoms with Gasteiger partial charge in [-0.3, -0.25) is 4.79 Å². The van der Waals surface area contributed by atoms with Crippen LogP contribution in [0.25, 0.3) is 0 Å². The van der Waals surface area contributed by atoms with E-state index in [4.69, 9.17) is 5.73 Å². The van der Waals surface area contributed by atoms with Crippen LogP contribution < -0.4 is 5.73 Å². The van der Waals surface area contributed by atoms with Gasteiger partial charge >= 0.3 is 0 Å². The van der Waals surface area contributed by atoms with Gasteiger partial charge in [-0.15, -0.1) is 0 Å². The number of carbonyl (C=O) groups is 1. The molecule has 27 heavy (non-hydrogen) atoms. The first kappa shape index (κ1) is 23.8. The van der Waals surface area contributed by atoms with E-state index < -0.39 is 0 Å². The molecule has 0 aliphatic carbocycles. The van der Waals surface area contributed by atoms with Crippen molar-refractivity contribution in [3.05, 3.63) is 19.1 Å². The van der Waals surface area contributed by atoms with E-state index in [1.54, 1.807) is 4.90 Å². The molecule has 1 heterocycles. The lowest BCUT2D eigenvalue weighted by molar-refractivity contribution is -0.118. The van der Waals surface area contributed by atoms with Gasteiger partial charge in [0.15, 0.2) is 0 Å². The van der Waals surface area contributed by atoms with Crippen molar-refractivity contribution in [1.29, 1.82) is 0 Å². The number of amides is 1. The topological polar surface area (TPSA) is 49.6 Å². The van der Waals surface area contributed by atoms with Gasteiger partial charge in [-0.05, 0) is 6.42 Å². The van der Waals surface area contributed by atoms with Crippen LogP contribution in [0.4, 0.5) is 0 Å². The highest BCUT2D eigenvalue weighted by molar-refractivity contribution is 5.76. The van der Waals surface area contributed by atoms with Crippen LogP contribution in [0.1, 0.15) is 110 Å². The minimum absolute atomic E-state index is 0.214. The number of rotatable bonds is 19. The van der Waals surface area contributed by atoms with Gasteiger partial charge in [-0.25, -0.2) is 0 Å². The summed E-state index contributed by atoms with van der Waals surface area (Å²) >= 11 is 0. The van der Waals surface area contributed by atoms with Crippen LogP contribution >= 0.6 is 0 Å². The van der Waals surface area contributed by atoms with E-state index in [-0.39, 0.29) is 12.5 Å². The summed E-state index contributed by atoms with van der Waals surface area (Å²) in [5.41, 5.74) is 5.18. The molecule has 2 radical (unpaired) electrons. The first-order valence-electron chi connectivity index (χ1n) is 11.5. The molecule has 0 atom stereocenters. The number of hydrogen-bond donors (Lipinski definition) is 1. The van der Waals surface area contributed by atoms with Gasteiger partial charge < -0.3 is 15.5 Å². The minimum atomic E-state index is -0.323. The standard InChI is InChI=1S/C23H43N3O/c1-2-3-4-5-6-7-8-9-10-11-12-13-14-15-16-17-18-25-19-20-26(22-25)21-23(24)27/h19-20H,2-18,21H2,1H3,(H2,24,27). The highest BCUT2D eigenvalue weighted by Crippen LogP contribution is 2.15. The Balaban J connectivity index is 1.74. The van der Waals surface area contributed by atoms with E-state index in [9.17, 15) is 4.79 Å². The molecule has 0 spiro atoms. The Labute approximate surface area is 168 Å². The lowest BCUT2D eigenvalue weighted by Crippen LogP contribution is -2.29. The third-order valence-electron chi connectivity index (χ3n) is 5.26. The molecule has 1 amide bonds. The average Bonchev–Trinajstić information content (AvgIpc) is 3.08. The van der Waals surface area contributed by atoms with Crippen molar-refractivity contribution in [1.82, 2.24) is 9.80 Å². The molecule has 1 aliphatic heterocycles. The molecule has 4 heteroatoms. The Kier molecular flexibility index (Phi) is 15.0. The zero-order valence-corrected chi connectivity index (χ0v) is 17.8. The summed E-state index contributed by atoms with van der Waals surface area (Å²) in [5.74, 6) is -0.323. The van der Waals surface area contributed by atoms with Crippen molar-refractivity contribution in [3.8, 4) is 0 Å². The van der Waals surface area contributed by atoms with E-state index >= 15 is 0 Å². The van der Waals surface area contributed by atoms with Crippen LogP contribution in [0.3, 0.4) is 0 Å². The Morgan fingerprint density at radius 2 is 1.11 bits per heavy atom. The van der Waals surface area contributed by atoms with Crippen LogP contribution in [0.5, 0.6) is 0 Å². The lowest BCUT2D eigenvalue weighted by atomic mass is 10.0. The van der Waals surface area contributed by atoms with Crippen LogP contribution in [-0.2, 0) is 4.79 Å². The largest absolute Gasteiger partial charge is 0.368 e. The highest BCUT2D eigenvalue weighted by Gasteiger charge is 2.15. The second-order valence-corrected chi connectivity index (χ2v) is 7.99. The molecule has 2 N–H and O–H groups in total. The zero-order valence-electron chi connectivity index (χ0n) is 17.8. The van der Waals surface area contributed by atoms with Crippen molar-refractivity contribution < 1.29 is 4.79 Å². The Hall–Kier alpha value is -1.19. The number of hydrogen-bond acceptors (Lipinski definition) is 3. The number of nitrogens with zero attached hydrogens (tertiary/aromatic N) is 2. The van der Waals surface area contributed by atoms with E-state index in [0.717, 1.165) is 6.54 Å². The van der Waals surface area contributed by atoms with Crippen LogP contribution in [0.15, 0.2) is 12.4 Å². The molecule has 0 aromatic carbocycles. The molecule has 0 aromatic rings. The monoisotopic (exact) mass is 377 g/mol. The summed E-state index contributed by atoms with van der Waals surface area (Å²) in [6.45, 7) is 6.60. The fraction of sp³-hybridized carbons (Fsp3) is 0.826. The molecule has 0 aromatic heterocycles. The summed E-state index contributed by atoms with van der Waals surface area (Å²) in [4.78, 5) is 14.6. The van der Waals surface area contributed by atoms with E-state index in [2.05, 4.69) is 13.6 Å². The molecule has 1 rings (SSSR count). The maximum Gasteiger partial charge on any atom is 0.237 e. The van der Waals surface area contributed by atoms with Crippen LogP contribution in [-0.4, -0.2) is 28.8 Å². The summed E-state index contributed by atoms with van der Waals surface area (Å²) < 4.78 is 0. The minimum Gasteiger partial charge on any atom is -0.368 e. The van der Waals surface area contributed by atoms with Crippen LogP contribution in [0, 0.1) is 6.67 Å². The first-order chi connectivity index (χ1) is 13.2. The molecule has 4 nitrogen and oxygen atoms in total. The van der Waals surface area contributed by atoms with Crippen molar-refractivity contribution >= 4 is 5.91 Å². The molecule has 0 unspecified atom stereocenters. The summed E-state index contributed by atoms with van der Waals surface area (Å²) in [7, 11) is 0. The van der Waals surface area contributed by atoms with E-state index in [1.807, 2.05) is 17.3 Å². The fourth-order valence-electron chi connectivity index (χ4n) is 3.60. The van der Waals surface area contributed by atoms with Gasteiger partial charge in [0.05, 0.1) is 6.54 Å². The predicted octanol–water partition coefficient (Wildman–Crippen LogP) is 5.82. The van der Waals surface area contributed by atoms with Gasteiger partial charge in [0.2, 0.25) is 12.6 Å². The quantitative estimate of drug-likeness (QED) is 0.289. The Morgan fingerprint density at radius 1 is 0.704 bits per heavy atom. The summed E-state index contributed by atoms with van der Waals surface area (Å²) in [5, 5.41) is 0. The van der Waals surface area contributed by atoms with E-state index in [0.29, 0.717) is 0 Å². The van der Waals surface area contributed by atoms with Crippen molar-refractivity contribution in [3.63, 3.8) is 0 Å². The third kappa shape index (κ3) is 14.5. The smallest absolute Gasteiger partial charge is 0.237 e. The molecule has 0 saturated heterocycles. The van der Waals surface area contributed by atoms with Gasteiger partial charge in [0.25, 0.3) is 0 Å². The number of primary amides is 1. The first-order valence-corrected chi connectivity index (χ1v) is 11.5. The fourth-order valence-corrected chi connectivity index (χ4v) is 3.60. The number of carbonyl (C=O) groups excluding carboxylic acids is 1. The maximum absolute atomic E-state index is 10.9. The molecular formula is C23H43N3O. The van der Waals surface area contributed by atoms with Crippen molar-refractivity contribution in [2.75, 3.05) is 13.1 Å². The average molecular weight is 378 g/mol. The highest BCUT2D eigenvalue weighted by atomic mass is 16.1. The van der Waals surface area contributed by atoms with Gasteiger partial charge in [-0.2, -0.15) is 0 Å². The van der Waals surface area contributed by atoms with Gasteiger partial charge in [0, 0.05) is 18.9 Å². The summed E-state index contributed by atoms with van der Waals surface area (Å²) in [6.07, 6.45) is 26.1. The van der Waals surface area contributed by atoms with Crippen molar-refractivity contribution in [2.45, 2.75) is 110 Å². The molecule has 0 saturated carbocycles. The van der Waals surface area contributed by atoms with Crippen LogP contribution in [0.2, 0.25) is 0 Å². The molecule has 0 bridgehead atoms. The van der Waals surface area contributed by atoms with E-state index in [1.165, 1.54) is 103 Å². The second kappa shape index (κ2) is 16.9. The number of unbranched alkanes of at least 4 members (excludes halogenated alkanes) is 15.